The molecule has 0 atom stereocenters. The average Bonchev–Trinajstić information content (AvgIpc) is 2.83. The summed E-state index contributed by atoms with van der Waals surface area (Å²) in [6.45, 7) is 0.410. The van der Waals surface area contributed by atoms with Gasteiger partial charge in [-0.3, -0.25) is 14.4 Å². The largest absolute Gasteiger partial charge is 0.379 e. The number of rotatable bonds is 10. The lowest BCUT2D eigenvalue weighted by molar-refractivity contribution is -0.198. The van der Waals surface area contributed by atoms with Crippen molar-refractivity contribution in [1.29, 1.82) is 0 Å². The van der Waals surface area contributed by atoms with E-state index in [-0.39, 0.29) is 58.1 Å². The number of imide groups is 1. The second-order valence-electron chi connectivity index (χ2n) is 4.45. The van der Waals surface area contributed by atoms with Crippen molar-refractivity contribution in [3.05, 3.63) is 0 Å². The van der Waals surface area contributed by atoms with E-state index >= 15 is 0 Å². The summed E-state index contributed by atoms with van der Waals surface area (Å²) in [5.74, 6) is 0.115. The molecule has 1 N–H and O–H groups in total. The molecule has 0 aromatic rings. The van der Waals surface area contributed by atoms with Gasteiger partial charge >= 0.3 is 5.97 Å². The average molecular weight is 326 g/mol. The van der Waals surface area contributed by atoms with E-state index in [1.807, 2.05) is 0 Å². The number of nitrogens with zero attached hydrogens (tertiary/aromatic N) is 1. The Morgan fingerprint density at radius 3 is 2.52 bits per heavy atom. The normalized spacial score (nSPS) is 13.8. The Kier molecular flexibility index (Phi) is 8.34. The standard InChI is InChI=1S/C14H18N2O7/c1-2-7-22-10-11(17)15-6-9-21-8-5-14(20)23-16-12(18)3-4-13(16)19/h1H,3-10H2,(H,15,17). The van der Waals surface area contributed by atoms with Crippen LogP contribution in [0.1, 0.15) is 19.3 Å². The minimum atomic E-state index is -0.736. The van der Waals surface area contributed by atoms with E-state index in [1.54, 1.807) is 0 Å². The van der Waals surface area contributed by atoms with Gasteiger partial charge in [0.1, 0.15) is 13.2 Å². The van der Waals surface area contributed by atoms with Gasteiger partial charge in [0.05, 0.1) is 19.6 Å². The lowest BCUT2D eigenvalue weighted by atomic mass is 10.4. The van der Waals surface area contributed by atoms with Crippen LogP contribution in [0.25, 0.3) is 0 Å². The first-order valence-corrected chi connectivity index (χ1v) is 6.97. The second kappa shape index (κ2) is 10.3. The predicted molar refractivity (Wildman–Crippen MR) is 75.3 cm³/mol. The molecule has 0 aliphatic carbocycles. The molecule has 1 fully saturated rings. The van der Waals surface area contributed by atoms with E-state index in [4.69, 9.17) is 15.9 Å². The highest BCUT2D eigenvalue weighted by Crippen LogP contribution is 2.12. The van der Waals surface area contributed by atoms with Gasteiger partial charge in [-0.05, 0) is 0 Å². The fourth-order valence-electron chi connectivity index (χ4n) is 1.58. The van der Waals surface area contributed by atoms with E-state index in [1.165, 1.54) is 0 Å². The van der Waals surface area contributed by atoms with Gasteiger partial charge in [-0.25, -0.2) is 4.79 Å². The highest BCUT2D eigenvalue weighted by molar-refractivity contribution is 6.01. The first-order valence-electron chi connectivity index (χ1n) is 6.97. The summed E-state index contributed by atoms with van der Waals surface area (Å²) in [7, 11) is 0. The summed E-state index contributed by atoms with van der Waals surface area (Å²) in [6.07, 6.45) is 4.94. The summed E-state index contributed by atoms with van der Waals surface area (Å²) in [6, 6.07) is 0. The van der Waals surface area contributed by atoms with E-state index in [9.17, 15) is 19.2 Å². The molecule has 9 nitrogen and oxygen atoms in total. The molecule has 9 heteroatoms. The summed E-state index contributed by atoms with van der Waals surface area (Å²) in [5.41, 5.74) is 0. The number of ether oxygens (including phenoxy) is 2. The zero-order valence-corrected chi connectivity index (χ0v) is 12.5. The SMILES string of the molecule is C#CCOCC(=O)NCCOCCC(=O)ON1C(=O)CCC1=O. The third-order valence-electron chi connectivity index (χ3n) is 2.64. The van der Waals surface area contributed by atoms with Crippen LogP contribution >= 0.6 is 0 Å². The predicted octanol–water partition coefficient (Wildman–Crippen LogP) is -1.23. The van der Waals surface area contributed by atoms with Gasteiger partial charge in [-0.15, -0.1) is 11.5 Å². The van der Waals surface area contributed by atoms with Crippen LogP contribution in [-0.2, 0) is 33.5 Å². The number of hydrogen-bond acceptors (Lipinski definition) is 7. The Hall–Kier alpha value is -2.44. The highest BCUT2D eigenvalue weighted by atomic mass is 16.7. The Labute approximate surface area is 133 Å². The van der Waals surface area contributed by atoms with Gasteiger partial charge in [0.2, 0.25) is 5.91 Å². The maximum atomic E-state index is 11.4. The summed E-state index contributed by atoms with van der Waals surface area (Å²) in [5, 5.41) is 3.01. The van der Waals surface area contributed by atoms with Gasteiger partial charge in [-0.2, -0.15) is 0 Å². The number of nitrogens with one attached hydrogen (secondary N) is 1. The number of amides is 3. The molecular formula is C14H18N2O7. The van der Waals surface area contributed by atoms with Crippen LogP contribution in [0.3, 0.4) is 0 Å². The Morgan fingerprint density at radius 2 is 1.87 bits per heavy atom. The molecule has 23 heavy (non-hydrogen) atoms. The lowest BCUT2D eigenvalue weighted by Crippen LogP contribution is -2.32. The fraction of sp³-hybridized carbons (Fsp3) is 0.571. The molecule has 0 bridgehead atoms. The van der Waals surface area contributed by atoms with E-state index in [0.717, 1.165) is 0 Å². The second-order valence-corrected chi connectivity index (χ2v) is 4.45. The van der Waals surface area contributed by atoms with E-state index in [0.29, 0.717) is 5.06 Å². The molecule has 0 aromatic heterocycles. The van der Waals surface area contributed by atoms with Gasteiger partial charge in [0, 0.05) is 19.4 Å². The van der Waals surface area contributed by atoms with Crippen molar-refractivity contribution in [1.82, 2.24) is 10.4 Å². The number of carbonyl (C=O) groups is 4. The minimum Gasteiger partial charge on any atom is -0.379 e. The number of terminal acetylenes is 1. The molecule has 1 aliphatic rings. The third kappa shape index (κ3) is 7.39. The molecule has 0 saturated carbocycles. The number of hydroxylamine groups is 2. The Bertz CT molecular complexity index is 482. The monoisotopic (exact) mass is 326 g/mol. The van der Waals surface area contributed by atoms with Crippen LogP contribution in [0.2, 0.25) is 0 Å². The van der Waals surface area contributed by atoms with Crippen molar-refractivity contribution in [3.8, 4) is 12.3 Å². The maximum absolute atomic E-state index is 11.4. The lowest BCUT2D eigenvalue weighted by Gasteiger charge is -2.12. The first-order chi connectivity index (χ1) is 11.0. The smallest absolute Gasteiger partial charge is 0.335 e. The van der Waals surface area contributed by atoms with E-state index < -0.39 is 17.8 Å². The van der Waals surface area contributed by atoms with Crippen LogP contribution in [0, 0.1) is 12.3 Å². The van der Waals surface area contributed by atoms with Crippen LogP contribution in [0.15, 0.2) is 0 Å². The molecule has 126 valence electrons. The number of hydrogen-bond donors (Lipinski definition) is 1. The third-order valence-corrected chi connectivity index (χ3v) is 2.64. The Balaban J connectivity index is 2.01. The molecule has 3 amide bonds. The zero-order chi connectivity index (χ0) is 17.1. The molecule has 0 unspecified atom stereocenters. The van der Waals surface area contributed by atoms with Crippen molar-refractivity contribution in [3.63, 3.8) is 0 Å². The van der Waals surface area contributed by atoms with Crippen molar-refractivity contribution < 1.29 is 33.5 Å². The summed E-state index contributed by atoms with van der Waals surface area (Å²) < 4.78 is 9.95. The van der Waals surface area contributed by atoms with Crippen LogP contribution in [0.5, 0.6) is 0 Å². The molecule has 1 saturated heterocycles. The Morgan fingerprint density at radius 1 is 1.17 bits per heavy atom. The van der Waals surface area contributed by atoms with Crippen molar-refractivity contribution in [2.24, 2.45) is 0 Å². The molecule has 0 radical (unpaired) electrons. The minimum absolute atomic E-state index is 0.0402. The van der Waals surface area contributed by atoms with Gasteiger partial charge < -0.3 is 19.6 Å². The molecule has 1 rings (SSSR count). The van der Waals surface area contributed by atoms with Crippen molar-refractivity contribution in [2.75, 3.05) is 33.0 Å². The first kappa shape index (κ1) is 18.6. The maximum Gasteiger partial charge on any atom is 0.335 e. The van der Waals surface area contributed by atoms with Crippen LogP contribution in [0.4, 0.5) is 0 Å². The quantitative estimate of drug-likeness (QED) is 0.304. The number of carbonyl (C=O) groups excluding carboxylic acids is 4. The van der Waals surface area contributed by atoms with Crippen molar-refractivity contribution in [2.45, 2.75) is 19.3 Å². The van der Waals surface area contributed by atoms with Crippen LogP contribution in [-0.4, -0.2) is 61.7 Å². The summed E-state index contributed by atoms with van der Waals surface area (Å²) >= 11 is 0. The van der Waals surface area contributed by atoms with Gasteiger partial charge in [-0.1, -0.05) is 5.92 Å². The molecular weight excluding hydrogens is 308 g/mol. The topological polar surface area (TPSA) is 111 Å². The fourth-order valence-corrected chi connectivity index (χ4v) is 1.58. The molecule has 1 heterocycles. The van der Waals surface area contributed by atoms with E-state index in [2.05, 4.69) is 16.1 Å². The summed E-state index contributed by atoms with van der Waals surface area (Å²) in [4.78, 5) is 49.7. The molecule has 1 aliphatic heterocycles. The highest BCUT2D eigenvalue weighted by Gasteiger charge is 2.32. The van der Waals surface area contributed by atoms with Gasteiger partial charge in [0.15, 0.2) is 0 Å². The zero-order valence-electron chi connectivity index (χ0n) is 12.5. The molecule has 0 aromatic carbocycles. The van der Waals surface area contributed by atoms with Gasteiger partial charge in [0.25, 0.3) is 11.8 Å². The molecule has 0 spiro atoms. The van der Waals surface area contributed by atoms with Crippen molar-refractivity contribution >= 4 is 23.7 Å². The van der Waals surface area contributed by atoms with Crippen LogP contribution < -0.4 is 5.32 Å².